The number of carbonyl (C=O) groups excluding carboxylic acids is 2. The zero-order chi connectivity index (χ0) is 27.4. The van der Waals surface area contributed by atoms with Crippen LogP contribution < -0.4 is 4.90 Å². The van der Waals surface area contributed by atoms with E-state index in [0.717, 1.165) is 48.5 Å². The van der Waals surface area contributed by atoms with Crippen LogP contribution in [0.3, 0.4) is 0 Å². The number of aliphatic hydroxyl groups is 1. The van der Waals surface area contributed by atoms with Crippen molar-refractivity contribution < 1.29 is 19.3 Å². The predicted molar refractivity (Wildman–Crippen MR) is 152 cm³/mol. The number of carbonyl (C=O) groups is 2. The first-order chi connectivity index (χ1) is 18.2. The summed E-state index contributed by atoms with van der Waals surface area (Å²) >= 11 is 0. The molecule has 5 heteroatoms. The fourth-order valence-corrected chi connectivity index (χ4v) is 7.39. The summed E-state index contributed by atoms with van der Waals surface area (Å²) in [6, 6.07) is 16.6. The van der Waals surface area contributed by atoms with Gasteiger partial charge in [0.15, 0.2) is 17.3 Å². The lowest BCUT2D eigenvalue weighted by Crippen LogP contribution is -2.33. The van der Waals surface area contributed by atoms with Gasteiger partial charge in [-0.15, -0.1) is 0 Å². The molecule has 3 aliphatic rings. The second-order valence-corrected chi connectivity index (χ2v) is 10.9. The van der Waals surface area contributed by atoms with Crippen molar-refractivity contribution >= 4 is 28.7 Å². The van der Waals surface area contributed by atoms with Crippen LogP contribution in [-0.4, -0.2) is 47.2 Å². The molecule has 0 saturated heterocycles. The van der Waals surface area contributed by atoms with Crippen LogP contribution in [0, 0.1) is 5.92 Å². The number of Topliss-reactive ketones (excluding diaryl/α,β-unsaturated/α-hetero) is 2. The zero-order valence-corrected chi connectivity index (χ0v) is 23.4. The van der Waals surface area contributed by atoms with Crippen molar-refractivity contribution in [2.24, 2.45) is 5.92 Å². The van der Waals surface area contributed by atoms with Gasteiger partial charge in [-0.05, 0) is 37.3 Å². The Labute approximate surface area is 226 Å². The topological polar surface area (TPSA) is 60.6 Å². The molecule has 0 bridgehead atoms. The van der Waals surface area contributed by atoms with Gasteiger partial charge < -0.3 is 10.0 Å². The van der Waals surface area contributed by atoms with E-state index in [1.165, 1.54) is 11.1 Å². The summed E-state index contributed by atoms with van der Waals surface area (Å²) in [5.41, 5.74) is 6.16. The molecule has 1 saturated carbocycles. The number of hydrogen-bond acceptors (Lipinski definition) is 4. The van der Waals surface area contributed by atoms with Crippen molar-refractivity contribution in [2.45, 2.75) is 70.3 Å². The smallest absolute Gasteiger partial charge is 0.209 e. The number of fused-ring (bicyclic) bond motifs is 2. The van der Waals surface area contributed by atoms with Gasteiger partial charge in [-0.3, -0.25) is 9.59 Å². The molecular weight excluding hydrogens is 472 g/mol. The number of nitrogens with zero attached hydrogens (tertiary/aromatic N) is 2. The van der Waals surface area contributed by atoms with Gasteiger partial charge in [-0.25, -0.2) is 0 Å². The van der Waals surface area contributed by atoms with Crippen LogP contribution >= 0.6 is 0 Å². The minimum atomic E-state index is -1.38. The molecule has 2 atom stereocenters. The van der Waals surface area contributed by atoms with E-state index in [2.05, 4.69) is 67.5 Å². The molecule has 0 spiro atoms. The molecule has 2 aromatic rings. The number of anilines is 1. The molecule has 0 radical (unpaired) electrons. The minimum absolute atomic E-state index is 0.108. The summed E-state index contributed by atoms with van der Waals surface area (Å²) in [6.07, 6.45) is 5.70. The third kappa shape index (κ3) is 3.37. The van der Waals surface area contributed by atoms with E-state index in [-0.39, 0.29) is 22.2 Å². The van der Waals surface area contributed by atoms with Gasteiger partial charge in [0.05, 0.1) is 16.9 Å². The van der Waals surface area contributed by atoms with E-state index in [9.17, 15) is 14.7 Å². The van der Waals surface area contributed by atoms with E-state index < -0.39 is 17.8 Å². The highest BCUT2D eigenvalue weighted by Crippen LogP contribution is 2.52. The number of hydrogen-bond donors (Lipinski definition) is 1. The van der Waals surface area contributed by atoms with Crippen molar-refractivity contribution in [3.05, 3.63) is 83.1 Å². The van der Waals surface area contributed by atoms with Crippen molar-refractivity contribution in [1.82, 2.24) is 0 Å². The van der Waals surface area contributed by atoms with Crippen LogP contribution in [-0.2, 0) is 20.4 Å². The second-order valence-electron chi connectivity index (χ2n) is 10.9. The maximum atomic E-state index is 13.9. The van der Waals surface area contributed by atoms with Crippen molar-refractivity contribution in [3.63, 3.8) is 0 Å². The minimum Gasteiger partial charge on any atom is -0.384 e. The largest absolute Gasteiger partial charge is 0.384 e. The highest BCUT2D eigenvalue weighted by Gasteiger charge is 2.52. The van der Waals surface area contributed by atoms with E-state index in [1.54, 1.807) is 6.08 Å². The number of allylic oxidation sites excluding steroid dienone is 2. The first-order valence-corrected chi connectivity index (χ1v) is 14.0. The fraction of sp³-hybridized carbons (Fsp3) is 0.424. The fourth-order valence-electron chi connectivity index (χ4n) is 7.39. The third-order valence-corrected chi connectivity index (χ3v) is 9.74. The summed E-state index contributed by atoms with van der Waals surface area (Å²) in [5.74, 6) is -1.67. The van der Waals surface area contributed by atoms with Gasteiger partial charge in [-0.2, -0.15) is 4.58 Å². The first kappa shape index (κ1) is 26.3. The third-order valence-electron chi connectivity index (χ3n) is 9.74. The van der Waals surface area contributed by atoms with Crippen LogP contribution in [0.1, 0.15) is 64.5 Å². The molecule has 2 heterocycles. The number of para-hydroxylation sites is 2. The standard InChI is InChI=1S/C33H39N2O3/c1-7-32(8-2)23-15-11-13-17-25(23)34(5)27(32)19-21-29(36)22(31(38)30(21)37)20-28-33(9-3,10-4)24-16-12-14-18-26(24)35(28)6/h11-21,30,37H,7-10H2,1-6H3/q+1. The average Bonchev–Trinajstić information content (AvgIpc) is 3.42. The maximum absolute atomic E-state index is 13.9. The summed E-state index contributed by atoms with van der Waals surface area (Å²) in [7, 11) is 4.01. The Bertz CT molecular complexity index is 1400. The Morgan fingerprint density at radius 2 is 1.45 bits per heavy atom. The summed E-state index contributed by atoms with van der Waals surface area (Å²) in [4.78, 5) is 29.5. The molecule has 1 N–H and O–H groups in total. The molecule has 0 aromatic heterocycles. The highest BCUT2D eigenvalue weighted by molar-refractivity contribution is 6.31. The SMILES string of the molecule is CCC1(CC)C(=CC2C(=O)C(=CC3=[N+](C)c4ccccc4C3(CC)CC)C(=O)C2O)N(C)c2ccccc21. The molecule has 2 unspecified atom stereocenters. The number of likely N-dealkylation sites (N-methyl/N-ethyl adjacent to an activating group) is 1. The molecule has 1 aliphatic carbocycles. The molecule has 5 nitrogen and oxygen atoms in total. The zero-order valence-electron chi connectivity index (χ0n) is 23.4. The molecule has 5 rings (SSSR count). The Morgan fingerprint density at radius 1 is 0.868 bits per heavy atom. The molecular formula is C33H39N2O3+. The van der Waals surface area contributed by atoms with Crippen molar-refractivity contribution in [2.75, 3.05) is 19.0 Å². The summed E-state index contributed by atoms with van der Waals surface area (Å²) in [6.45, 7) is 8.63. The van der Waals surface area contributed by atoms with Gasteiger partial charge >= 0.3 is 0 Å². The normalized spacial score (nSPS) is 25.6. The van der Waals surface area contributed by atoms with E-state index >= 15 is 0 Å². The summed E-state index contributed by atoms with van der Waals surface area (Å²) < 4.78 is 2.11. The number of aliphatic hydroxyl groups excluding tert-OH is 1. The molecule has 2 aliphatic heterocycles. The van der Waals surface area contributed by atoms with Gasteiger partial charge in [0.25, 0.3) is 0 Å². The first-order valence-electron chi connectivity index (χ1n) is 14.0. The Morgan fingerprint density at radius 3 is 2.08 bits per heavy atom. The second kappa shape index (κ2) is 9.46. The van der Waals surface area contributed by atoms with Gasteiger partial charge in [0, 0.05) is 41.6 Å². The van der Waals surface area contributed by atoms with Crippen LogP contribution in [0.2, 0.25) is 0 Å². The molecule has 0 amide bonds. The lowest BCUT2D eigenvalue weighted by molar-refractivity contribution is -0.401. The van der Waals surface area contributed by atoms with E-state index in [0.29, 0.717) is 0 Å². The van der Waals surface area contributed by atoms with E-state index in [4.69, 9.17) is 0 Å². The average molecular weight is 512 g/mol. The number of rotatable bonds is 6. The predicted octanol–water partition coefficient (Wildman–Crippen LogP) is 5.62. The molecule has 38 heavy (non-hydrogen) atoms. The van der Waals surface area contributed by atoms with Crippen LogP contribution in [0.4, 0.5) is 11.4 Å². The van der Waals surface area contributed by atoms with Gasteiger partial charge in [0.2, 0.25) is 5.69 Å². The molecule has 2 aromatic carbocycles. The van der Waals surface area contributed by atoms with Crippen LogP contribution in [0.5, 0.6) is 0 Å². The summed E-state index contributed by atoms with van der Waals surface area (Å²) in [5, 5.41) is 11.1. The van der Waals surface area contributed by atoms with Gasteiger partial charge in [-0.1, -0.05) is 70.2 Å². The number of benzene rings is 2. The maximum Gasteiger partial charge on any atom is 0.209 e. The Balaban J connectivity index is 1.60. The van der Waals surface area contributed by atoms with Crippen molar-refractivity contribution in [1.29, 1.82) is 0 Å². The Kier molecular flexibility index (Phi) is 6.55. The van der Waals surface area contributed by atoms with Crippen LogP contribution in [0.25, 0.3) is 0 Å². The van der Waals surface area contributed by atoms with Crippen LogP contribution in [0.15, 0.2) is 72.0 Å². The van der Waals surface area contributed by atoms with Crippen molar-refractivity contribution in [3.8, 4) is 0 Å². The van der Waals surface area contributed by atoms with Gasteiger partial charge in [0.1, 0.15) is 13.2 Å². The molecule has 198 valence electrons. The Hall–Kier alpha value is -3.31. The number of ketones is 2. The quantitative estimate of drug-likeness (QED) is 0.311. The lowest BCUT2D eigenvalue weighted by atomic mass is 9.72. The molecule has 1 fully saturated rings. The monoisotopic (exact) mass is 511 g/mol. The van der Waals surface area contributed by atoms with E-state index in [1.807, 2.05) is 38.4 Å². The lowest BCUT2D eigenvalue weighted by Gasteiger charge is -2.31. The highest BCUT2D eigenvalue weighted by atomic mass is 16.3.